The van der Waals surface area contributed by atoms with Crippen LogP contribution in [-0.2, 0) is 24.8 Å². The lowest BCUT2D eigenvalue weighted by atomic mass is 9.88. The Morgan fingerprint density at radius 1 is 1.02 bits per heavy atom. The molecule has 0 bridgehead atoms. The molecule has 0 aromatic heterocycles. The van der Waals surface area contributed by atoms with Gasteiger partial charge in [-0.3, -0.25) is 0 Å². The second-order valence-electron chi connectivity index (χ2n) is 10.3. The van der Waals surface area contributed by atoms with E-state index >= 15 is 0 Å². The van der Waals surface area contributed by atoms with Gasteiger partial charge in [0.1, 0.15) is 23.4 Å². The highest BCUT2D eigenvalue weighted by Gasteiger charge is 2.44. The van der Waals surface area contributed by atoms with E-state index in [0.717, 1.165) is 10.8 Å². The van der Waals surface area contributed by atoms with Gasteiger partial charge >= 0.3 is 0 Å². The molecule has 1 spiro atoms. The molecule has 3 aromatic rings. The Balaban J connectivity index is 1.11. The summed E-state index contributed by atoms with van der Waals surface area (Å²) in [5, 5.41) is 15.7. The number of para-hydroxylation sites is 1. The molecule has 2 saturated heterocycles. The van der Waals surface area contributed by atoms with Crippen molar-refractivity contribution in [2.75, 3.05) is 39.9 Å². The SMILES string of the molecule is CNS(=O)(=O)c1ccccc1OC[C@@H](O)CN[C@@H]1COC2(CCN(S(=O)(=O)c3ccc4ccccc4c3)CC2)C1. The van der Waals surface area contributed by atoms with Crippen LogP contribution in [0.4, 0.5) is 0 Å². The van der Waals surface area contributed by atoms with Gasteiger partial charge in [0.25, 0.3) is 0 Å². The van der Waals surface area contributed by atoms with Crippen molar-refractivity contribution >= 4 is 30.8 Å². The minimum absolute atomic E-state index is 0.00949. The Kier molecular flexibility index (Phi) is 8.48. The van der Waals surface area contributed by atoms with Crippen LogP contribution in [0.1, 0.15) is 19.3 Å². The van der Waals surface area contributed by atoms with E-state index in [1.165, 1.54) is 13.1 Å². The number of piperidine rings is 1. The molecule has 2 fully saturated rings. The number of aliphatic hydroxyl groups is 1. The molecule has 216 valence electrons. The van der Waals surface area contributed by atoms with Crippen molar-refractivity contribution in [3.8, 4) is 5.75 Å². The zero-order valence-corrected chi connectivity index (χ0v) is 24.0. The van der Waals surface area contributed by atoms with Crippen molar-refractivity contribution in [3.63, 3.8) is 0 Å². The van der Waals surface area contributed by atoms with Crippen molar-refractivity contribution in [2.45, 2.75) is 46.8 Å². The van der Waals surface area contributed by atoms with Gasteiger partial charge in [0.15, 0.2) is 0 Å². The standard InChI is InChI=1S/C28H35N3O7S2/c1-29-39(33,34)27-9-5-4-8-26(27)37-20-24(32)18-30-23-17-28(38-19-23)12-14-31(15-13-28)40(35,36)25-11-10-21-6-2-3-7-22(21)16-25/h2-11,16,23-24,29-30,32H,12-15,17-20H2,1H3/t23-,24-/m0/s1. The van der Waals surface area contributed by atoms with Crippen molar-refractivity contribution in [1.29, 1.82) is 0 Å². The summed E-state index contributed by atoms with van der Waals surface area (Å²) in [6, 6.07) is 19.2. The molecule has 10 nitrogen and oxygen atoms in total. The van der Waals surface area contributed by atoms with Crippen molar-refractivity contribution in [2.24, 2.45) is 0 Å². The number of hydrogen-bond acceptors (Lipinski definition) is 8. The van der Waals surface area contributed by atoms with E-state index in [1.54, 1.807) is 34.6 Å². The van der Waals surface area contributed by atoms with Crippen LogP contribution in [0.2, 0.25) is 0 Å². The maximum absolute atomic E-state index is 13.3. The number of rotatable bonds is 10. The Hall–Kier alpha value is -2.58. The molecule has 2 aliphatic heterocycles. The molecule has 12 heteroatoms. The van der Waals surface area contributed by atoms with Crippen molar-refractivity contribution in [1.82, 2.24) is 14.3 Å². The zero-order valence-electron chi connectivity index (χ0n) is 22.3. The highest BCUT2D eigenvalue weighted by molar-refractivity contribution is 7.89. The van der Waals surface area contributed by atoms with Gasteiger partial charge < -0.3 is 19.9 Å². The first-order chi connectivity index (χ1) is 19.1. The van der Waals surface area contributed by atoms with E-state index in [-0.39, 0.29) is 29.8 Å². The second kappa shape index (κ2) is 11.7. The minimum atomic E-state index is -3.69. The molecule has 3 aromatic carbocycles. The smallest absolute Gasteiger partial charge is 0.243 e. The molecule has 0 saturated carbocycles. The summed E-state index contributed by atoms with van der Waals surface area (Å²) in [6.45, 7) is 1.39. The molecule has 0 radical (unpaired) electrons. The second-order valence-corrected chi connectivity index (χ2v) is 14.1. The number of hydrogen-bond donors (Lipinski definition) is 3. The number of ether oxygens (including phenoxy) is 2. The van der Waals surface area contributed by atoms with E-state index in [2.05, 4.69) is 10.0 Å². The van der Waals surface area contributed by atoms with Crippen LogP contribution < -0.4 is 14.8 Å². The van der Waals surface area contributed by atoms with Gasteiger partial charge in [-0.25, -0.2) is 21.6 Å². The number of nitrogens with one attached hydrogen (secondary N) is 2. The normalized spacial score (nSPS) is 20.6. The first-order valence-electron chi connectivity index (χ1n) is 13.3. The molecule has 2 aliphatic rings. The lowest BCUT2D eigenvalue weighted by Crippen LogP contribution is -2.47. The summed E-state index contributed by atoms with van der Waals surface area (Å²) >= 11 is 0. The Bertz CT molecular complexity index is 1550. The van der Waals surface area contributed by atoms with Crippen LogP contribution in [0, 0.1) is 0 Å². The van der Waals surface area contributed by atoms with E-state index in [4.69, 9.17) is 9.47 Å². The summed E-state index contributed by atoms with van der Waals surface area (Å²) in [6.07, 6.45) is 1.05. The van der Waals surface area contributed by atoms with Gasteiger partial charge in [-0.15, -0.1) is 0 Å². The van der Waals surface area contributed by atoms with Gasteiger partial charge in [0, 0.05) is 25.7 Å². The van der Waals surface area contributed by atoms with Crippen LogP contribution in [0.5, 0.6) is 5.75 Å². The number of benzene rings is 3. The van der Waals surface area contributed by atoms with Crippen LogP contribution in [0.3, 0.4) is 0 Å². The van der Waals surface area contributed by atoms with Crippen LogP contribution in [0.25, 0.3) is 10.8 Å². The molecule has 0 amide bonds. The first-order valence-corrected chi connectivity index (χ1v) is 16.2. The third-order valence-electron chi connectivity index (χ3n) is 7.68. The van der Waals surface area contributed by atoms with E-state index in [1.807, 2.05) is 30.3 Å². The fraction of sp³-hybridized carbons (Fsp3) is 0.429. The van der Waals surface area contributed by atoms with Gasteiger partial charge in [0.05, 0.1) is 17.1 Å². The minimum Gasteiger partial charge on any atom is -0.489 e. The third-order valence-corrected chi connectivity index (χ3v) is 11.0. The van der Waals surface area contributed by atoms with E-state index in [9.17, 15) is 21.9 Å². The molecule has 0 unspecified atom stereocenters. The Labute approximate surface area is 235 Å². The highest BCUT2D eigenvalue weighted by atomic mass is 32.2. The van der Waals surface area contributed by atoms with Crippen molar-refractivity contribution < 1.29 is 31.4 Å². The molecular formula is C28H35N3O7S2. The number of fused-ring (bicyclic) bond motifs is 1. The summed E-state index contributed by atoms with van der Waals surface area (Å²) < 4.78 is 66.6. The average Bonchev–Trinajstić information content (AvgIpc) is 3.37. The topological polar surface area (TPSA) is 134 Å². The summed E-state index contributed by atoms with van der Waals surface area (Å²) in [7, 11) is -5.96. The predicted octanol–water partition coefficient (Wildman–Crippen LogP) is 2.09. The monoisotopic (exact) mass is 589 g/mol. The number of aliphatic hydroxyl groups excluding tert-OH is 1. The van der Waals surface area contributed by atoms with Crippen molar-refractivity contribution in [3.05, 3.63) is 66.7 Å². The third kappa shape index (κ3) is 6.18. The lowest BCUT2D eigenvalue weighted by Gasteiger charge is -2.38. The predicted molar refractivity (Wildman–Crippen MR) is 151 cm³/mol. The van der Waals surface area contributed by atoms with E-state index < -0.39 is 31.8 Å². The fourth-order valence-electron chi connectivity index (χ4n) is 5.38. The first kappa shape index (κ1) is 28.9. The van der Waals surface area contributed by atoms with Crippen LogP contribution in [-0.4, -0.2) is 83.9 Å². The Morgan fingerprint density at radius 3 is 2.48 bits per heavy atom. The Morgan fingerprint density at radius 2 is 1.73 bits per heavy atom. The summed E-state index contributed by atoms with van der Waals surface area (Å²) in [4.78, 5) is 0.314. The fourth-order valence-corrected chi connectivity index (χ4v) is 7.73. The summed E-state index contributed by atoms with van der Waals surface area (Å²) in [5.41, 5.74) is -0.394. The maximum atomic E-state index is 13.3. The van der Waals surface area contributed by atoms with Gasteiger partial charge in [-0.1, -0.05) is 42.5 Å². The zero-order chi connectivity index (χ0) is 28.4. The molecule has 5 rings (SSSR count). The quantitative estimate of drug-likeness (QED) is 0.327. The molecule has 0 aliphatic carbocycles. The van der Waals surface area contributed by atoms with Gasteiger partial charge in [0.2, 0.25) is 20.0 Å². The van der Waals surface area contributed by atoms with Gasteiger partial charge in [-0.05, 0) is 61.3 Å². The van der Waals surface area contributed by atoms with Crippen LogP contribution >= 0.6 is 0 Å². The molecule has 40 heavy (non-hydrogen) atoms. The number of nitrogens with zero attached hydrogens (tertiary/aromatic N) is 1. The van der Waals surface area contributed by atoms with Gasteiger partial charge in [-0.2, -0.15) is 4.31 Å². The molecular weight excluding hydrogens is 554 g/mol. The lowest BCUT2D eigenvalue weighted by molar-refractivity contribution is -0.0312. The highest BCUT2D eigenvalue weighted by Crippen LogP contribution is 2.37. The molecule has 2 heterocycles. The summed E-state index contributed by atoms with van der Waals surface area (Å²) in [5.74, 6) is 0.171. The number of sulfonamides is 2. The molecule has 3 N–H and O–H groups in total. The molecule has 2 atom stereocenters. The van der Waals surface area contributed by atoms with E-state index in [0.29, 0.717) is 43.9 Å². The largest absolute Gasteiger partial charge is 0.489 e. The maximum Gasteiger partial charge on any atom is 0.243 e. The average molecular weight is 590 g/mol. The van der Waals surface area contributed by atoms with Crippen LogP contribution in [0.15, 0.2) is 76.5 Å².